The monoisotopic (exact) mass is 592 g/mol. The minimum atomic E-state index is -0.256. The van der Waals surface area contributed by atoms with Gasteiger partial charge in [-0.05, 0) is 81.8 Å². The third kappa shape index (κ3) is 3.89. The number of hydrogen-bond acceptors (Lipinski definition) is 5. The Morgan fingerprint density at radius 1 is 1.00 bits per heavy atom. The SMILES string of the molecule is CCOc1cc(/C=N\N2C(=O)[C@@H]3[C@@H](C2=O)[C@H]2C=C[C@H]3C2)cc(I)c1OCc1cccc2ccccc12. The molecular weight excluding hydrogens is 567 g/mol. The fraction of sp³-hybridized carbons (Fsp3) is 0.276. The summed E-state index contributed by atoms with van der Waals surface area (Å²) in [5.41, 5.74) is 1.83. The number of ether oxygens (including phenoxy) is 2. The Morgan fingerprint density at radius 3 is 2.47 bits per heavy atom. The first kappa shape index (κ1) is 23.2. The molecule has 2 fully saturated rings. The van der Waals surface area contributed by atoms with Crippen molar-refractivity contribution in [3.63, 3.8) is 0 Å². The molecule has 2 aliphatic carbocycles. The Labute approximate surface area is 223 Å². The highest BCUT2D eigenvalue weighted by Gasteiger charge is 2.59. The molecule has 2 amide bonds. The van der Waals surface area contributed by atoms with Crippen LogP contribution < -0.4 is 9.47 Å². The van der Waals surface area contributed by atoms with E-state index in [0.717, 1.165) is 31.5 Å². The summed E-state index contributed by atoms with van der Waals surface area (Å²) in [5.74, 6) is 0.709. The number of carbonyl (C=O) groups excluding carboxylic acids is 2. The number of amides is 2. The molecule has 182 valence electrons. The lowest BCUT2D eigenvalue weighted by Gasteiger charge is -2.16. The van der Waals surface area contributed by atoms with Gasteiger partial charge in [0.25, 0.3) is 11.8 Å². The standard InChI is InChI=1S/C29H25IN2O4/c1-2-35-24-13-17(15-31-32-28(33)25-19-10-11-20(14-19)26(25)29(32)34)12-23(30)27(24)36-16-21-8-5-7-18-6-3-4-9-22(18)21/h3-13,15,19-20,25-26H,2,14,16H2,1H3/b31-15-/t19-,20-,25-,26-/m0/s1. The van der Waals surface area contributed by atoms with Crippen molar-refractivity contribution in [2.24, 2.45) is 28.8 Å². The van der Waals surface area contributed by atoms with Crippen LogP contribution in [0.2, 0.25) is 0 Å². The second-order valence-corrected chi connectivity index (χ2v) is 10.6. The summed E-state index contributed by atoms with van der Waals surface area (Å²) in [6.07, 6.45) is 6.63. The van der Waals surface area contributed by atoms with E-state index in [1.54, 1.807) is 6.21 Å². The predicted octanol–water partition coefficient (Wildman–Crippen LogP) is 5.56. The van der Waals surface area contributed by atoms with E-state index in [-0.39, 0.29) is 35.5 Å². The largest absolute Gasteiger partial charge is 0.490 e. The van der Waals surface area contributed by atoms with E-state index in [0.29, 0.717) is 24.7 Å². The van der Waals surface area contributed by atoms with Gasteiger partial charge in [-0.3, -0.25) is 9.59 Å². The van der Waals surface area contributed by atoms with E-state index in [1.807, 2.05) is 37.3 Å². The van der Waals surface area contributed by atoms with Crippen molar-refractivity contribution in [1.29, 1.82) is 0 Å². The summed E-state index contributed by atoms with van der Waals surface area (Å²) in [5, 5.41) is 7.71. The van der Waals surface area contributed by atoms with Gasteiger partial charge in [-0.15, -0.1) is 0 Å². The third-order valence-electron chi connectivity index (χ3n) is 7.35. The van der Waals surface area contributed by atoms with E-state index in [2.05, 4.69) is 64.1 Å². The Bertz CT molecular complexity index is 1400. The maximum atomic E-state index is 12.9. The van der Waals surface area contributed by atoms with Gasteiger partial charge < -0.3 is 9.47 Å². The van der Waals surface area contributed by atoms with Gasteiger partial charge in [0, 0.05) is 0 Å². The lowest BCUT2D eigenvalue weighted by Crippen LogP contribution is -2.28. The third-order valence-corrected chi connectivity index (χ3v) is 8.15. The van der Waals surface area contributed by atoms with Crippen molar-refractivity contribution in [2.75, 3.05) is 6.61 Å². The highest BCUT2D eigenvalue weighted by Crippen LogP contribution is 2.52. The first-order valence-electron chi connectivity index (χ1n) is 12.2. The van der Waals surface area contributed by atoms with Gasteiger partial charge in [0.15, 0.2) is 11.5 Å². The van der Waals surface area contributed by atoms with Crippen molar-refractivity contribution < 1.29 is 19.1 Å². The van der Waals surface area contributed by atoms with Crippen molar-refractivity contribution in [3.8, 4) is 11.5 Å². The fourth-order valence-electron chi connectivity index (χ4n) is 5.76. The smallest absolute Gasteiger partial charge is 0.254 e. The molecule has 0 aromatic heterocycles. The van der Waals surface area contributed by atoms with Crippen LogP contribution in [0.25, 0.3) is 10.8 Å². The molecule has 0 spiro atoms. The van der Waals surface area contributed by atoms with Gasteiger partial charge >= 0.3 is 0 Å². The van der Waals surface area contributed by atoms with Crippen LogP contribution >= 0.6 is 22.6 Å². The molecule has 4 atom stereocenters. The maximum Gasteiger partial charge on any atom is 0.254 e. The number of allylic oxidation sites excluding steroid dienone is 2. The number of imide groups is 1. The van der Waals surface area contributed by atoms with E-state index in [4.69, 9.17) is 9.47 Å². The van der Waals surface area contributed by atoms with Gasteiger partial charge in [0.05, 0.1) is 28.2 Å². The molecule has 0 unspecified atom stereocenters. The number of halogens is 1. The maximum absolute atomic E-state index is 12.9. The summed E-state index contributed by atoms with van der Waals surface area (Å²) in [7, 11) is 0. The number of hydrazone groups is 1. The number of hydrogen-bond donors (Lipinski definition) is 0. The molecule has 1 saturated carbocycles. The highest BCUT2D eigenvalue weighted by molar-refractivity contribution is 14.1. The lowest BCUT2D eigenvalue weighted by atomic mass is 9.85. The van der Waals surface area contributed by atoms with E-state index in [9.17, 15) is 9.59 Å². The van der Waals surface area contributed by atoms with Crippen LogP contribution in [-0.4, -0.2) is 29.6 Å². The number of carbonyl (C=O) groups is 2. The summed E-state index contributed by atoms with van der Waals surface area (Å²) in [6, 6.07) is 18.2. The average Bonchev–Trinajstić information content (AvgIpc) is 3.56. The molecule has 3 aliphatic rings. The van der Waals surface area contributed by atoms with Crippen LogP contribution in [0.3, 0.4) is 0 Å². The molecule has 0 N–H and O–H groups in total. The number of nitrogens with zero attached hydrogens (tertiary/aromatic N) is 2. The van der Waals surface area contributed by atoms with Crippen molar-refractivity contribution in [3.05, 3.63) is 81.4 Å². The quantitative estimate of drug-likeness (QED) is 0.156. The molecule has 2 bridgehead atoms. The predicted molar refractivity (Wildman–Crippen MR) is 146 cm³/mol. The van der Waals surface area contributed by atoms with E-state index in [1.165, 1.54) is 5.39 Å². The average molecular weight is 592 g/mol. The van der Waals surface area contributed by atoms with Gasteiger partial charge in [-0.2, -0.15) is 10.1 Å². The van der Waals surface area contributed by atoms with Crippen LogP contribution in [0.1, 0.15) is 24.5 Å². The summed E-state index contributed by atoms with van der Waals surface area (Å²) >= 11 is 2.22. The van der Waals surface area contributed by atoms with E-state index >= 15 is 0 Å². The molecule has 1 saturated heterocycles. The molecule has 36 heavy (non-hydrogen) atoms. The van der Waals surface area contributed by atoms with Crippen molar-refractivity contribution in [2.45, 2.75) is 20.0 Å². The molecule has 1 aliphatic heterocycles. The number of fused-ring (bicyclic) bond motifs is 6. The zero-order valence-electron chi connectivity index (χ0n) is 19.8. The van der Waals surface area contributed by atoms with Crippen LogP contribution in [0, 0.1) is 27.2 Å². The minimum absolute atomic E-state index is 0.167. The molecule has 6 nitrogen and oxygen atoms in total. The first-order valence-corrected chi connectivity index (χ1v) is 13.3. The second-order valence-electron chi connectivity index (χ2n) is 9.42. The normalized spacial score (nSPS) is 24.3. The van der Waals surface area contributed by atoms with Crippen LogP contribution in [0.15, 0.2) is 71.9 Å². The van der Waals surface area contributed by atoms with Crippen LogP contribution in [0.4, 0.5) is 0 Å². The zero-order chi connectivity index (χ0) is 24.8. The van der Waals surface area contributed by atoms with Gasteiger partial charge in [-0.25, -0.2) is 0 Å². The van der Waals surface area contributed by atoms with Crippen molar-refractivity contribution in [1.82, 2.24) is 5.01 Å². The topological polar surface area (TPSA) is 68.2 Å². The summed E-state index contributed by atoms with van der Waals surface area (Å²) < 4.78 is 13.0. The molecule has 0 radical (unpaired) electrons. The van der Waals surface area contributed by atoms with Gasteiger partial charge in [-0.1, -0.05) is 54.6 Å². The van der Waals surface area contributed by atoms with Gasteiger partial charge in [0.1, 0.15) is 6.61 Å². The Hall–Kier alpha value is -3.20. The molecule has 7 heteroatoms. The molecule has 1 heterocycles. The van der Waals surface area contributed by atoms with Crippen molar-refractivity contribution >= 4 is 51.4 Å². The Morgan fingerprint density at radius 2 is 1.72 bits per heavy atom. The van der Waals surface area contributed by atoms with Crippen LogP contribution in [0.5, 0.6) is 11.5 Å². The fourth-order valence-corrected chi connectivity index (χ4v) is 6.54. The Kier molecular flexibility index (Phi) is 6.03. The molecular formula is C29H25IN2O4. The number of rotatable bonds is 7. The van der Waals surface area contributed by atoms with Gasteiger partial charge in [0.2, 0.25) is 0 Å². The number of benzene rings is 3. The van der Waals surface area contributed by atoms with Crippen LogP contribution in [-0.2, 0) is 16.2 Å². The minimum Gasteiger partial charge on any atom is -0.490 e. The van der Waals surface area contributed by atoms with E-state index < -0.39 is 0 Å². The molecule has 3 aromatic carbocycles. The zero-order valence-corrected chi connectivity index (χ0v) is 21.9. The summed E-state index contributed by atoms with van der Waals surface area (Å²) in [6.45, 7) is 2.80. The first-order chi connectivity index (χ1) is 17.5. The highest BCUT2D eigenvalue weighted by atomic mass is 127. The Balaban J connectivity index is 1.23. The lowest BCUT2D eigenvalue weighted by molar-refractivity contribution is -0.140. The second kappa shape index (κ2) is 9.35. The molecule has 3 aromatic rings. The molecule has 6 rings (SSSR count). The summed E-state index contributed by atoms with van der Waals surface area (Å²) in [4.78, 5) is 25.8.